The number of nitrogens with one attached hydrogen (secondary N) is 1. The molecule has 1 N–H and O–H groups in total. The summed E-state index contributed by atoms with van der Waals surface area (Å²) < 4.78 is 5.25. The fourth-order valence-electron chi connectivity index (χ4n) is 3.64. The van der Waals surface area contributed by atoms with Crippen molar-refractivity contribution in [1.29, 1.82) is 0 Å². The topological polar surface area (TPSA) is 61.9 Å². The molecule has 6 heteroatoms. The van der Waals surface area contributed by atoms with Crippen LogP contribution in [0.15, 0.2) is 48.5 Å². The lowest BCUT2D eigenvalue weighted by molar-refractivity contribution is -0.114. The number of amides is 1. The summed E-state index contributed by atoms with van der Waals surface area (Å²) in [6.07, 6.45) is 1.32. The molecular weight excluding hydrogens is 366 g/mol. The predicted molar refractivity (Wildman–Crippen MR) is 116 cm³/mol. The lowest BCUT2D eigenvalue weighted by Crippen LogP contribution is -2.46. The Morgan fingerprint density at radius 2 is 1.76 bits per heavy atom. The Kier molecular flexibility index (Phi) is 7.25. The van der Waals surface area contributed by atoms with E-state index in [-0.39, 0.29) is 11.7 Å². The molecule has 1 fully saturated rings. The van der Waals surface area contributed by atoms with Crippen molar-refractivity contribution in [2.75, 3.05) is 50.1 Å². The minimum absolute atomic E-state index is 0.0853. The third-order valence-electron chi connectivity index (χ3n) is 5.20. The summed E-state index contributed by atoms with van der Waals surface area (Å²) in [4.78, 5) is 28.8. The average Bonchev–Trinajstić information content (AvgIpc) is 2.74. The van der Waals surface area contributed by atoms with Gasteiger partial charge in [0.2, 0.25) is 5.91 Å². The van der Waals surface area contributed by atoms with Gasteiger partial charge in [0.25, 0.3) is 0 Å². The van der Waals surface area contributed by atoms with Crippen LogP contribution in [0.4, 0.5) is 11.4 Å². The normalized spacial score (nSPS) is 14.5. The van der Waals surface area contributed by atoms with Crippen molar-refractivity contribution in [3.8, 4) is 5.75 Å². The zero-order chi connectivity index (χ0) is 20.6. The Morgan fingerprint density at radius 3 is 2.41 bits per heavy atom. The van der Waals surface area contributed by atoms with Crippen LogP contribution in [-0.2, 0) is 4.79 Å². The monoisotopic (exact) mass is 395 g/mol. The number of piperazine rings is 1. The van der Waals surface area contributed by atoms with Crippen LogP contribution in [0.1, 0.15) is 30.1 Å². The van der Waals surface area contributed by atoms with E-state index in [1.807, 2.05) is 6.07 Å². The van der Waals surface area contributed by atoms with E-state index in [2.05, 4.69) is 39.4 Å². The van der Waals surface area contributed by atoms with Gasteiger partial charge >= 0.3 is 0 Å². The molecule has 0 aliphatic carbocycles. The van der Waals surface area contributed by atoms with Crippen molar-refractivity contribution in [2.24, 2.45) is 0 Å². The van der Waals surface area contributed by atoms with Crippen LogP contribution < -0.4 is 15.0 Å². The third kappa shape index (κ3) is 5.81. The van der Waals surface area contributed by atoms with Crippen LogP contribution in [0.5, 0.6) is 5.75 Å². The van der Waals surface area contributed by atoms with Gasteiger partial charge in [-0.2, -0.15) is 0 Å². The molecule has 0 radical (unpaired) electrons. The molecule has 2 aromatic carbocycles. The molecule has 0 aromatic heterocycles. The summed E-state index contributed by atoms with van der Waals surface area (Å²) in [5.74, 6) is 0.442. The van der Waals surface area contributed by atoms with Crippen molar-refractivity contribution in [3.05, 3.63) is 54.1 Å². The summed E-state index contributed by atoms with van der Waals surface area (Å²) in [5.41, 5.74) is 2.41. The fourth-order valence-corrected chi connectivity index (χ4v) is 3.64. The smallest absolute Gasteiger partial charge is 0.221 e. The van der Waals surface area contributed by atoms with Gasteiger partial charge in [-0.25, -0.2) is 0 Å². The number of benzene rings is 2. The van der Waals surface area contributed by atoms with Crippen molar-refractivity contribution in [1.82, 2.24) is 4.90 Å². The van der Waals surface area contributed by atoms with E-state index in [9.17, 15) is 9.59 Å². The molecule has 0 unspecified atom stereocenters. The van der Waals surface area contributed by atoms with E-state index in [1.54, 1.807) is 25.3 Å². The molecule has 0 saturated carbocycles. The van der Waals surface area contributed by atoms with Gasteiger partial charge in [0, 0.05) is 50.8 Å². The highest BCUT2D eigenvalue weighted by molar-refractivity contribution is 5.99. The van der Waals surface area contributed by atoms with Gasteiger partial charge in [0.15, 0.2) is 5.78 Å². The van der Waals surface area contributed by atoms with Gasteiger partial charge in [-0.05, 0) is 43.3 Å². The van der Waals surface area contributed by atoms with Gasteiger partial charge in [-0.3, -0.25) is 14.5 Å². The first-order valence-electron chi connectivity index (χ1n) is 10.1. The molecule has 3 rings (SSSR count). The van der Waals surface area contributed by atoms with E-state index in [4.69, 9.17) is 4.74 Å². The number of nitrogens with zero attached hydrogens (tertiary/aromatic N) is 2. The Morgan fingerprint density at radius 1 is 1.03 bits per heavy atom. The second-order valence-electron chi connectivity index (χ2n) is 7.29. The summed E-state index contributed by atoms with van der Waals surface area (Å²) in [5, 5.41) is 2.72. The molecule has 29 heavy (non-hydrogen) atoms. The maximum Gasteiger partial charge on any atom is 0.221 e. The van der Waals surface area contributed by atoms with Crippen LogP contribution in [0.3, 0.4) is 0 Å². The standard InChI is InChI=1S/C23H29N3O3/c1-18(27)24-21-17-19(10-11-23(21)29-2)22(28)9-6-12-25-13-15-26(16-14-25)20-7-4-3-5-8-20/h3-5,7-8,10-11,17H,6,9,12-16H2,1-2H3,(H,24,27). The number of Topliss-reactive ketones (excluding diaryl/α,β-unsaturated/α-hetero) is 1. The molecule has 1 heterocycles. The maximum absolute atomic E-state index is 12.6. The molecule has 0 spiro atoms. The number of para-hydroxylation sites is 1. The number of rotatable bonds is 8. The number of methoxy groups -OCH3 is 1. The number of carbonyl (C=O) groups excluding carboxylic acids is 2. The lowest BCUT2D eigenvalue weighted by atomic mass is 10.0. The Balaban J connectivity index is 1.46. The van der Waals surface area contributed by atoms with E-state index in [0.717, 1.165) is 39.1 Å². The molecule has 1 saturated heterocycles. The average molecular weight is 396 g/mol. The van der Waals surface area contributed by atoms with Crippen molar-refractivity contribution in [2.45, 2.75) is 19.8 Å². The second kappa shape index (κ2) is 10.1. The molecule has 2 aromatic rings. The number of hydrogen-bond donors (Lipinski definition) is 1. The highest BCUT2D eigenvalue weighted by Crippen LogP contribution is 2.26. The third-order valence-corrected chi connectivity index (χ3v) is 5.20. The lowest BCUT2D eigenvalue weighted by Gasteiger charge is -2.36. The highest BCUT2D eigenvalue weighted by Gasteiger charge is 2.17. The molecule has 1 amide bonds. The molecule has 6 nitrogen and oxygen atoms in total. The number of ketones is 1. The minimum atomic E-state index is -0.192. The zero-order valence-electron chi connectivity index (χ0n) is 17.2. The maximum atomic E-state index is 12.6. The van der Waals surface area contributed by atoms with Crippen molar-refractivity contribution < 1.29 is 14.3 Å². The quantitative estimate of drug-likeness (QED) is 0.694. The van der Waals surface area contributed by atoms with Crippen LogP contribution in [0.2, 0.25) is 0 Å². The number of ether oxygens (including phenoxy) is 1. The van der Waals surface area contributed by atoms with Gasteiger partial charge in [-0.1, -0.05) is 18.2 Å². The number of carbonyl (C=O) groups is 2. The molecule has 154 valence electrons. The van der Waals surface area contributed by atoms with Crippen molar-refractivity contribution >= 4 is 23.1 Å². The van der Waals surface area contributed by atoms with E-state index >= 15 is 0 Å². The first kappa shape index (κ1) is 20.9. The number of hydrogen-bond acceptors (Lipinski definition) is 5. The Labute approximate surface area is 172 Å². The van der Waals surface area contributed by atoms with Gasteiger partial charge < -0.3 is 15.0 Å². The first-order valence-corrected chi connectivity index (χ1v) is 10.1. The predicted octanol–water partition coefficient (Wildman–Crippen LogP) is 3.44. The molecular formula is C23H29N3O3. The zero-order valence-corrected chi connectivity index (χ0v) is 17.2. The Hall–Kier alpha value is -2.86. The first-order chi connectivity index (χ1) is 14.1. The molecule has 0 atom stereocenters. The molecule has 1 aliphatic rings. The van der Waals surface area contributed by atoms with Crippen LogP contribution >= 0.6 is 0 Å². The number of anilines is 2. The Bertz CT molecular complexity index is 831. The van der Waals surface area contributed by atoms with Gasteiger partial charge in [0.1, 0.15) is 5.75 Å². The van der Waals surface area contributed by atoms with Crippen LogP contribution in [-0.4, -0.2) is 56.4 Å². The molecule has 0 bridgehead atoms. The summed E-state index contributed by atoms with van der Waals surface area (Å²) in [6, 6.07) is 15.7. The van der Waals surface area contributed by atoms with Crippen LogP contribution in [0.25, 0.3) is 0 Å². The minimum Gasteiger partial charge on any atom is -0.495 e. The SMILES string of the molecule is COc1ccc(C(=O)CCCN2CCN(c3ccccc3)CC2)cc1NC(C)=O. The summed E-state index contributed by atoms with van der Waals surface area (Å²) >= 11 is 0. The van der Waals surface area contributed by atoms with E-state index in [1.165, 1.54) is 12.6 Å². The van der Waals surface area contributed by atoms with E-state index in [0.29, 0.717) is 23.4 Å². The summed E-state index contributed by atoms with van der Waals surface area (Å²) in [7, 11) is 1.54. The second-order valence-corrected chi connectivity index (χ2v) is 7.29. The van der Waals surface area contributed by atoms with Crippen molar-refractivity contribution in [3.63, 3.8) is 0 Å². The molecule has 1 aliphatic heterocycles. The fraction of sp³-hybridized carbons (Fsp3) is 0.391. The van der Waals surface area contributed by atoms with Gasteiger partial charge in [0.05, 0.1) is 12.8 Å². The van der Waals surface area contributed by atoms with Gasteiger partial charge in [-0.15, -0.1) is 0 Å². The summed E-state index contributed by atoms with van der Waals surface area (Å²) in [6.45, 7) is 6.40. The highest BCUT2D eigenvalue weighted by atomic mass is 16.5. The largest absolute Gasteiger partial charge is 0.495 e. The van der Waals surface area contributed by atoms with Crippen LogP contribution in [0, 0.1) is 0 Å². The van der Waals surface area contributed by atoms with E-state index < -0.39 is 0 Å².